The number of benzene rings is 2. The summed E-state index contributed by atoms with van der Waals surface area (Å²) in [5, 5.41) is 11.4. The van der Waals surface area contributed by atoms with E-state index in [1.54, 1.807) is 24.3 Å². The average molecular weight is 531 g/mol. The summed E-state index contributed by atoms with van der Waals surface area (Å²) in [4.78, 5) is 29.4. The number of nitrogens with zero attached hydrogens (tertiary/aromatic N) is 2. The molecule has 2 aromatic rings. The molecule has 12 heteroatoms. The molecule has 0 saturated carbocycles. The van der Waals surface area contributed by atoms with Crippen LogP contribution in [0.2, 0.25) is 5.02 Å². The lowest BCUT2D eigenvalue weighted by Crippen LogP contribution is -2.39. The Labute approximate surface area is 211 Å². The first-order chi connectivity index (χ1) is 16.9. The summed E-state index contributed by atoms with van der Waals surface area (Å²) >= 11 is 5.90. The topological polar surface area (TPSA) is 88.5 Å². The minimum Gasteiger partial charge on any atom is -0.489 e. The molecule has 1 aliphatic rings. The number of para-hydroxylation sites is 2. The Morgan fingerprint density at radius 2 is 1.86 bits per heavy atom. The molecule has 1 aliphatic heterocycles. The molecule has 1 amide bonds. The Bertz CT molecular complexity index is 1050. The minimum absolute atomic E-state index is 0.0415. The second-order valence-electron chi connectivity index (χ2n) is 8.35. The smallest absolute Gasteiger partial charge is 0.489 e. The van der Waals surface area contributed by atoms with E-state index in [-0.39, 0.29) is 41.8 Å². The molecular weight excluding hydrogens is 505 g/mol. The molecule has 1 heterocycles. The van der Waals surface area contributed by atoms with Crippen molar-refractivity contribution >= 4 is 29.2 Å². The number of aliphatic hydroxyl groups excluding tert-OH is 1. The Balaban J connectivity index is 1.58. The number of alkyl halides is 3. The number of carbonyl (C=O) groups is 2. The van der Waals surface area contributed by atoms with Crippen LogP contribution in [0, 0.1) is 0 Å². The van der Waals surface area contributed by atoms with Crippen molar-refractivity contribution in [2.45, 2.75) is 44.7 Å². The molecule has 36 heavy (non-hydrogen) atoms. The first-order valence-electron chi connectivity index (χ1n) is 11.1. The number of β-amino-alcohol motifs (C(OH)–C–C–N with tert-alkyl or cyclic N) is 1. The van der Waals surface area contributed by atoms with Gasteiger partial charge in [-0.25, -0.2) is 4.79 Å². The van der Waals surface area contributed by atoms with Crippen LogP contribution >= 0.6 is 11.6 Å². The molecule has 0 spiro atoms. The molecule has 1 saturated heterocycles. The second kappa shape index (κ2) is 11.8. The van der Waals surface area contributed by atoms with Crippen LogP contribution in [0.25, 0.3) is 0 Å². The summed E-state index contributed by atoms with van der Waals surface area (Å²) in [6, 6.07) is 12.8. The molecule has 3 rings (SSSR count). The maximum Gasteiger partial charge on any atom is 0.493 e. The van der Waals surface area contributed by atoms with Crippen molar-refractivity contribution in [3.8, 4) is 11.5 Å². The predicted octanol–water partition coefficient (Wildman–Crippen LogP) is 3.99. The molecule has 8 nitrogen and oxygen atoms in total. The van der Waals surface area contributed by atoms with Crippen molar-refractivity contribution in [1.82, 2.24) is 4.90 Å². The van der Waals surface area contributed by atoms with Gasteiger partial charge in [-0.1, -0.05) is 23.7 Å². The van der Waals surface area contributed by atoms with Crippen LogP contribution in [-0.2, 0) is 14.4 Å². The number of halogens is 4. The summed E-state index contributed by atoms with van der Waals surface area (Å²) < 4.78 is 49.5. The lowest BCUT2D eigenvalue weighted by molar-refractivity contribution is -0.201. The van der Waals surface area contributed by atoms with Gasteiger partial charge >= 0.3 is 12.1 Å². The Morgan fingerprint density at radius 1 is 1.19 bits per heavy atom. The van der Waals surface area contributed by atoms with Crippen molar-refractivity contribution in [1.29, 1.82) is 0 Å². The number of rotatable bonds is 8. The van der Waals surface area contributed by atoms with Crippen molar-refractivity contribution in [3.63, 3.8) is 0 Å². The highest BCUT2D eigenvalue weighted by Crippen LogP contribution is 2.30. The van der Waals surface area contributed by atoms with Gasteiger partial charge in [0.05, 0.1) is 0 Å². The fourth-order valence-electron chi connectivity index (χ4n) is 3.77. The molecule has 0 radical (unpaired) electrons. The lowest BCUT2D eigenvalue weighted by Gasteiger charge is -2.25. The van der Waals surface area contributed by atoms with Gasteiger partial charge in [-0.3, -0.25) is 9.69 Å². The van der Waals surface area contributed by atoms with Gasteiger partial charge in [-0.2, -0.15) is 13.2 Å². The zero-order chi connectivity index (χ0) is 26.5. The third-order valence-electron chi connectivity index (χ3n) is 5.43. The van der Waals surface area contributed by atoms with E-state index in [1.807, 2.05) is 11.8 Å². The molecule has 0 aliphatic carbocycles. The molecule has 196 valence electrons. The van der Waals surface area contributed by atoms with Crippen LogP contribution in [0.3, 0.4) is 0 Å². The number of hydrogen-bond donors (Lipinski definition) is 1. The number of hydroxylamine groups is 1. The normalized spacial score (nSPS) is 19.0. The van der Waals surface area contributed by atoms with E-state index in [0.29, 0.717) is 17.3 Å². The van der Waals surface area contributed by atoms with E-state index in [1.165, 1.54) is 24.3 Å². The van der Waals surface area contributed by atoms with Crippen molar-refractivity contribution in [2.75, 3.05) is 24.8 Å². The van der Waals surface area contributed by atoms with E-state index >= 15 is 0 Å². The van der Waals surface area contributed by atoms with Gasteiger partial charge in [0, 0.05) is 37.5 Å². The highest BCUT2D eigenvalue weighted by atomic mass is 35.5. The van der Waals surface area contributed by atoms with Gasteiger partial charge in [-0.05, 0) is 43.3 Å². The Morgan fingerprint density at radius 3 is 2.50 bits per heavy atom. The maximum absolute atomic E-state index is 12.6. The van der Waals surface area contributed by atoms with E-state index < -0.39 is 24.2 Å². The largest absolute Gasteiger partial charge is 0.493 e. The third kappa shape index (κ3) is 7.49. The van der Waals surface area contributed by atoms with Crippen molar-refractivity contribution < 1.29 is 42.2 Å². The van der Waals surface area contributed by atoms with Crippen LogP contribution < -0.4 is 14.5 Å². The number of amides is 1. The lowest BCUT2D eigenvalue weighted by atomic mass is 10.2. The number of likely N-dealkylation sites (tertiary alicyclic amines) is 1. The fourth-order valence-corrected chi connectivity index (χ4v) is 3.89. The van der Waals surface area contributed by atoms with Crippen LogP contribution in [0.5, 0.6) is 11.5 Å². The quantitative estimate of drug-likeness (QED) is 0.516. The third-order valence-corrected chi connectivity index (χ3v) is 5.69. The Hall–Kier alpha value is -3.02. The predicted molar refractivity (Wildman–Crippen MR) is 125 cm³/mol. The number of carbonyl (C=O) groups excluding carboxylic acids is 2. The summed E-state index contributed by atoms with van der Waals surface area (Å²) in [7, 11) is 0. The molecule has 0 bridgehead atoms. The van der Waals surface area contributed by atoms with E-state index in [4.69, 9.17) is 21.1 Å². The number of anilines is 1. The van der Waals surface area contributed by atoms with E-state index in [9.17, 15) is 27.9 Å². The molecule has 3 atom stereocenters. The summed E-state index contributed by atoms with van der Waals surface area (Å²) in [5.41, 5.74) is -0.208. The number of ether oxygens (including phenoxy) is 2. The molecule has 0 unspecified atom stereocenters. The van der Waals surface area contributed by atoms with Crippen LogP contribution in [0.4, 0.5) is 18.9 Å². The first kappa shape index (κ1) is 27.6. The Kier molecular flexibility index (Phi) is 9.04. The highest BCUT2D eigenvalue weighted by molar-refractivity contribution is 6.30. The fraction of sp³-hybridized carbons (Fsp3) is 0.417. The number of hydrogen-bond acceptors (Lipinski definition) is 7. The summed E-state index contributed by atoms with van der Waals surface area (Å²) in [6.45, 7) is 3.55. The molecule has 1 fully saturated rings. The maximum atomic E-state index is 12.6. The minimum atomic E-state index is -5.29. The molecular formula is C24H26ClF3N2O6. The monoisotopic (exact) mass is 530 g/mol. The van der Waals surface area contributed by atoms with Crippen LogP contribution in [0.1, 0.15) is 20.3 Å². The average Bonchev–Trinajstić information content (AvgIpc) is 3.15. The van der Waals surface area contributed by atoms with Gasteiger partial charge in [0.2, 0.25) is 0 Å². The molecule has 2 aromatic carbocycles. The molecule has 1 N–H and O–H groups in total. The van der Waals surface area contributed by atoms with Crippen LogP contribution in [-0.4, -0.2) is 66.0 Å². The molecule has 0 aromatic heterocycles. The second-order valence-corrected chi connectivity index (χ2v) is 8.79. The zero-order valence-electron chi connectivity index (χ0n) is 19.6. The number of aliphatic hydroxyl groups is 1. The first-order valence-corrected chi connectivity index (χ1v) is 11.5. The SMILES string of the molecule is CC(=O)N(OC(=O)C(F)(F)F)c1ccccc1OC[C@@H](O)CN1C[C@@H](Oc2ccc(Cl)cc2)C[C@H]1C. The standard InChI is InChI=1S/C24H26ClF3N2O6/c1-15-11-20(35-19-9-7-17(25)8-10-19)13-29(15)12-18(32)14-34-22-6-4-3-5-21(22)30(16(2)31)36-23(33)24(26,27)28/h3-10,15,18,20,32H,11-14H2,1-2H3/t15-,18+,20+/m1/s1. The zero-order valence-corrected chi connectivity index (χ0v) is 20.3. The van der Waals surface area contributed by atoms with Gasteiger partial charge in [-0.15, -0.1) is 5.06 Å². The van der Waals surface area contributed by atoms with Crippen molar-refractivity contribution in [3.05, 3.63) is 53.6 Å². The van der Waals surface area contributed by atoms with Crippen molar-refractivity contribution in [2.24, 2.45) is 0 Å². The van der Waals surface area contributed by atoms with Gasteiger partial charge in [0.1, 0.15) is 36.0 Å². The van der Waals surface area contributed by atoms with Gasteiger partial charge in [0.15, 0.2) is 0 Å². The summed E-state index contributed by atoms with van der Waals surface area (Å²) in [6.07, 6.45) is -5.58. The summed E-state index contributed by atoms with van der Waals surface area (Å²) in [5.74, 6) is -2.87. The van der Waals surface area contributed by atoms with Gasteiger partial charge in [0.25, 0.3) is 5.91 Å². The van der Waals surface area contributed by atoms with Crippen LogP contribution in [0.15, 0.2) is 48.5 Å². The highest BCUT2D eigenvalue weighted by Gasteiger charge is 2.43. The van der Waals surface area contributed by atoms with Gasteiger partial charge < -0.3 is 19.4 Å². The van der Waals surface area contributed by atoms with E-state index in [2.05, 4.69) is 4.84 Å². The van der Waals surface area contributed by atoms with E-state index in [0.717, 1.165) is 13.3 Å².